The summed E-state index contributed by atoms with van der Waals surface area (Å²) >= 11 is 5.93. The molecule has 0 aliphatic rings. The summed E-state index contributed by atoms with van der Waals surface area (Å²) in [7, 11) is 1.47. The van der Waals surface area contributed by atoms with Crippen LogP contribution in [0.2, 0.25) is 5.02 Å². The average molecular weight is 528 g/mol. The van der Waals surface area contributed by atoms with Crippen molar-refractivity contribution in [2.75, 3.05) is 7.11 Å². The lowest BCUT2D eigenvalue weighted by Gasteiger charge is -2.08. The number of carbonyl (C=O) groups is 3. The highest BCUT2D eigenvalue weighted by atomic mass is 35.5. The number of aromatic nitrogens is 3. The maximum absolute atomic E-state index is 13.4. The van der Waals surface area contributed by atoms with Gasteiger partial charge in [-0.25, -0.2) is 9.59 Å². The topological polar surface area (TPSA) is 129 Å². The van der Waals surface area contributed by atoms with Crippen LogP contribution in [0.4, 0.5) is 4.39 Å². The number of nitrogens with zero attached hydrogens (tertiary/aromatic N) is 2. The fourth-order valence-electron chi connectivity index (χ4n) is 3.82. The molecule has 0 atom stereocenters. The molecule has 2 aromatic heterocycles. The lowest BCUT2D eigenvalue weighted by atomic mass is 10.0. The molecule has 2 aromatic carbocycles. The lowest BCUT2D eigenvalue weighted by molar-refractivity contribution is -0.156. The van der Waals surface area contributed by atoms with E-state index in [1.54, 1.807) is 54.4 Å². The highest BCUT2D eigenvalue weighted by Crippen LogP contribution is 2.31. The summed E-state index contributed by atoms with van der Waals surface area (Å²) in [5, 5.41) is 0.978. The SMILES string of the molecule is COc1ccc2c(c1)c(CC(=O)C(=O)OCn1cc(F)c(=O)[nH]c1=O)c(C)n2C(=O)c1ccc(Cl)cc1. The smallest absolute Gasteiger partial charge is 0.376 e. The minimum Gasteiger partial charge on any atom is -0.497 e. The Hall–Kier alpha value is -4.51. The largest absolute Gasteiger partial charge is 0.497 e. The molecule has 37 heavy (non-hydrogen) atoms. The Balaban J connectivity index is 1.65. The summed E-state index contributed by atoms with van der Waals surface area (Å²) in [5.41, 5.74) is -0.577. The summed E-state index contributed by atoms with van der Waals surface area (Å²) < 4.78 is 25.6. The van der Waals surface area contributed by atoms with Crippen molar-refractivity contribution in [3.63, 3.8) is 0 Å². The Kier molecular flexibility index (Phi) is 7.07. The first-order chi connectivity index (χ1) is 17.6. The molecule has 0 saturated carbocycles. The van der Waals surface area contributed by atoms with E-state index in [-0.39, 0.29) is 5.91 Å². The maximum Gasteiger partial charge on any atom is 0.376 e. The van der Waals surface area contributed by atoms with Gasteiger partial charge in [-0.2, -0.15) is 4.39 Å². The number of aromatic amines is 1. The van der Waals surface area contributed by atoms with Gasteiger partial charge in [0.05, 0.1) is 18.8 Å². The Labute approximate surface area is 212 Å². The van der Waals surface area contributed by atoms with Crippen LogP contribution < -0.4 is 16.0 Å². The van der Waals surface area contributed by atoms with E-state index in [0.717, 1.165) is 0 Å². The zero-order valence-corrected chi connectivity index (χ0v) is 20.3. The molecule has 0 radical (unpaired) electrons. The number of halogens is 2. The molecule has 4 aromatic rings. The third-order valence-corrected chi connectivity index (χ3v) is 5.96. The van der Waals surface area contributed by atoms with Crippen molar-refractivity contribution in [1.29, 1.82) is 0 Å². The first kappa shape index (κ1) is 25.6. The van der Waals surface area contributed by atoms with Gasteiger partial charge in [0.25, 0.3) is 11.5 Å². The number of benzene rings is 2. The molecule has 4 rings (SSSR count). The fourth-order valence-corrected chi connectivity index (χ4v) is 3.94. The molecule has 0 aliphatic heterocycles. The van der Waals surface area contributed by atoms with Crippen molar-refractivity contribution < 1.29 is 28.2 Å². The van der Waals surface area contributed by atoms with Gasteiger partial charge in [-0.15, -0.1) is 0 Å². The second-order valence-electron chi connectivity index (χ2n) is 7.96. The molecule has 0 saturated heterocycles. The Morgan fingerprint density at radius 1 is 1.08 bits per heavy atom. The minimum absolute atomic E-state index is 0.357. The molecule has 0 spiro atoms. The van der Waals surface area contributed by atoms with Crippen LogP contribution in [-0.4, -0.2) is 38.9 Å². The zero-order chi connectivity index (χ0) is 26.9. The standard InChI is InChI=1S/C25H19ClFN3O7/c1-13-17(10-21(31)24(34)37-12-29-11-19(27)22(32)28-25(29)35)18-9-16(36-2)7-8-20(18)30(13)23(33)14-3-5-15(26)6-4-14/h3-9,11H,10,12H2,1-2H3,(H,28,32,35). The van der Waals surface area contributed by atoms with Crippen LogP contribution in [0.5, 0.6) is 5.75 Å². The van der Waals surface area contributed by atoms with Crippen LogP contribution in [0.3, 0.4) is 0 Å². The number of esters is 1. The molecule has 1 N–H and O–H groups in total. The van der Waals surface area contributed by atoms with E-state index in [9.17, 15) is 28.4 Å². The molecule has 12 heteroatoms. The second kappa shape index (κ2) is 10.2. The van der Waals surface area contributed by atoms with E-state index in [1.807, 2.05) is 0 Å². The van der Waals surface area contributed by atoms with Gasteiger partial charge < -0.3 is 9.47 Å². The van der Waals surface area contributed by atoms with Crippen LogP contribution in [0.25, 0.3) is 10.9 Å². The van der Waals surface area contributed by atoms with Crippen molar-refractivity contribution in [2.24, 2.45) is 0 Å². The molecular formula is C25H19ClFN3O7. The van der Waals surface area contributed by atoms with Gasteiger partial charge in [0.15, 0.2) is 6.73 Å². The number of methoxy groups -OCH3 is 1. The van der Waals surface area contributed by atoms with Crippen LogP contribution >= 0.6 is 11.6 Å². The molecule has 10 nitrogen and oxygen atoms in total. The van der Waals surface area contributed by atoms with Crippen LogP contribution in [0.1, 0.15) is 21.6 Å². The van der Waals surface area contributed by atoms with E-state index in [4.69, 9.17) is 21.1 Å². The number of Topliss-reactive ketones (excluding diaryl/α,β-unsaturated/α-hetero) is 1. The van der Waals surface area contributed by atoms with E-state index in [2.05, 4.69) is 0 Å². The summed E-state index contributed by atoms with van der Waals surface area (Å²) in [6.07, 6.45) is 0.134. The molecule has 2 heterocycles. The quantitative estimate of drug-likeness (QED) is 0.289. The Bertz CT molecular complexity index is 1670. The first-order valence-corrected chi connectivity index (χ1v) is 11.2. The lowest BCUT2D eigenvalue weighted by Crippen LogP contribution is -2.33. The molecular weight excluding hydrogens is 509 g/mol. The van der Waals surface area contributed by atoms with E-state index in [1.165, 1.54) is 11.7 Å². The molecule has 0 fully saturated rings. The molecule has 0 aliphatic carbocycles. The van der Waals surface area contributed by atoms with Crippen molar-refractivity contribution in [2.45, 2.75) is 20.1 Å². The van der Waals surface area contributed by atoms with Crippen molar-refractivity contribution in [3.8, 4) is 5.75 Å². The average Bonchev–Trinajstić information content (AvgIpc) is 3.15. The number of hydrogen-bond acceptors (Lipinski definition) is 7. The van der Waals surface area contributed by atoms with Crippen LogP contribution in [-0.2, 0) is 27.5 Å². The predicted molar refractivity (Wildman–Crippen MR) is 130 cm³/mol. The number of rotatable bonds is 7. The van der Waals surface area contributed by atoms with Gasteiger partial charge in [0.1, 0.15) is 5.75 Å². The monoisotopic (exact) mass is 527 g/mol. The van der Waals surface area contributed by atoms with Crippen LogP contribution in [0.15, 0.2) is 58.3 Å². The molecule has 0 unspecified atom stereocenters. The summed E-state index contributed by atoms with van der Waals surface area (Å²) in [5.74, 6) is -3.42. The van der Waals surface area contributed by atoms with Gasteiger partial charge in [0, 0.05) is 28.1 Å². The predicted octanol–water partition coefficient (Wildman–Crippen LogP) is 2.60. The van der Waals surface area contributed by atoms with Gasteiger partial charge >= 0.3 is 11.7 Å². The summed E-state index contributed by atoms with van der Waals surface area (Å²) in [4.78, 5) is 63.1. The second-order valence-corrected chi connectivity index (χ2v) is 8.40. The maximum atomic E-state index is 13.4. The third-order valence-electron chi connectivity index (χ3n) is 5.70. The molecule has 190 valence electrons. The van der Waals surface area contributed by atoms with E-state index in [0.29, 0.717) is 49.3 Å². The Morgan fingerprint density at radius 3 is 2.46 bits per heavy atom. The molecule has 0 bridgehead atoms. The normalized spacial score (nSPS) is 10.9. The number of hydrogen-bond donors (Lipinski definition) is 1. The van der Waals surface area contributed by atoms with Crippen LogP contribution in [0, 0.1) is 12.7 Å². The Morgan fingerprint density at radius 2 is 1.78 bits per heavy atom. The highest BCUT2D eigenvalue weighted by Gasteiger charge is 2.25. The van der Waals surface area contributed by atoms with Gasteiger partial charge in [-0.05, 0) is 55.0 Å². The third kappa shape index (κ3) is 5.07. The van der Waals surface area contributed by atoms with Crippen molar-refractivity contribution >= 4 is 40.2 Å². The van der Waals surface area contributed by atoms with Gasteiger partial charge in [-0.1, -0.05) is 11.6 Å². The number of ketones is 1. The van der Waals surface area contributed by atoms with Gasteiger partial charge in [0.2, 0.25) is 11.6 Å². The first-order valence-electron chi connectivity index (χ1n) is 10.8. The zero-order valence-electron chi connectivity index (χ0n) is 19.5. The van der Waals surface area contributed by atoms with E-state index < -0.39 is 42.0 Å². The number of ether oxygens (including phenoxy) is 2. The fraction of sp³-hybridized carbons (Fsp3) is 0.160. The summed E-state index contributed by atoms with van der Waals surface area (Å²) in [6, 6.07) is 11.3. The summed E-state index contributed by atoms with van der Waals surface area (Å²) in [6.45, 7) is 0.845. The minimum atomic E-state index is -1.29. The highest BCUT2D eigenvalue weighted by molar-refractivity contribution is 6.34. The number of H-pyrrole nitrogens is 1. The number of nitrogens with one attached hydrogen (secondary N) is 1. The van der Waals surface area contributed by atoms with Gasteiger partial charge in [-0.3, -0.25) is 28.5 Å². The van der Waals surface area contributed by atoms with E-state index >= 15 is 0 Å². The number of carbonyl (C=O) groups excluding carboxylic acids is 3. The number of fused-ring (bicyclic) bond motifs is 1. The van der Waals surface area contributed by atoms with Crippen molar-refractivity contribution in [1.82, 2.24) is 14.1 Å². The van der Waals surface area contributed by atoms with Crippen molar-refractivity contribution in [3.05, 3.63) is 97.2 Å². The molecule has 0 amide bonds.